The van der Waals surface area contributed by atoms with Crippen LogP contribution >= 0.6 is 0 Å². The monoisotopic (exact) mass is 398 g/mol. The number of benzene rings is 2. The van der Waals surface area contributed by atoms with E-state index in [1.165, 1.54) is 19.1 Å². The molecule has 0 bridgehead atoms. The lowest BCUT2D eigenvalue weighted by atomic mass is 9.94. The van der Waals surface area contributed by atoms with E-state index in [1.807, 2.05) is 0 Å². The minimum absolute atomic E-state index is 0.0811. The maximum absolute atomic E-state index is 12.5. The summed E-state index contributed by atoms with van der Waals surface area (Å²) >= 11 is 0. The first-order chi connectivity index (χ1) is 13.3. The average molecular weight is 398 g/mol. The van der Waals surface area contributed by atoms with Gasteiger partial charge < -0.3 is 5.32 Å². The van der Waals surface area contributed by atoms with Crippen LogP contribution in [0.1, 0.15) is 43.0 Å². The van der Waals surface area contributed by atoms with Gasteiger partial charge >= 0.3 is 0 Å². The number of allylic oxidation sites excluding steroid dienone is 1. The molecule has 0 heterocycles. The molecule has 1 aliphatic rings. The number of ketones is 2. The zero-order valence-corrected chi connectivity index (χ0v) is 16.4. The van der Waals surface area contributed by atoms with Gasteiger partial charge in [-0.05, 0) is 74.7 Å². The lowest BCUT2D eigenvalue weighted by molar-refractivity contribution is -0.116. The van der Waals surface area contributed by atoms with Crippen molar-refractivity contribution in [3.05, 3.63) is 65.9 Å². The molecule has 0 unspecified atom stereocenters. The number of anilines is 2. The summed E-state index contributed by atoms with van der Waals surface area (Å²) in [5, 5.41) is 3.06. The van der Waals surface area contributed by atoms with Gasteiger partial charge in [0.1, 0.15) is 0 Å². The Balaban J connectivity index is 1.68. The second kappa shape index (κ2) is 8.39. The van der Waals surface area contributed by atoms with Crippen molar-refractivity contribution in [1.29, 1.82) is 0 Å². The summed E-state index contributed by atoms with van der Waals surface area (Å²) in [7, 11) is -3.74. The second-order valence-corrected chi connectivity index (χ2v) is 8.39. The van der Waals surface area contributed by atoms with E-state index in [0.29, 0.717) is 23.4 Å². The van der Waals surface area contributed by atoms with Crippen molar-refractivity contribution in [1.82, 2.24) is 0 Å². The highest BCUT2D eigenvalue weighted by atomic mass is 32.2. The first-order valence-corrected chi connectivity index (χ1v) is 10.6. The van der Waals surface area contributed by atoms with Crippen LogP contribution in [-0.2, 0) is 14.8 Å². The predicted octanol–water partition coefficient (Wildman–Crippen LogP) is 4.13. The predicted molar refractivity (Wildman–Crippen MR) is 109 cm³/mol. The summed E-state index contributed by atoms with van der Waals surface area (Å²) in [6, 6.07) is 12.6. The number of rotatable bonds is 6. The van der Waals surface area contributed by atoms with E-state index >= 15 is 0 Å². The molecule has 0 amide bonds. The summed E-state index contributed by atoms with van der Waals surface area (Å²) in [6.45, 7) is 1.45. The van der Waals surface area contributed by atoms with Gasteiger partial charge in [0.15, 0.2) is 11.6 Å². The summed E-state index contributed by atoms with van der Waals surface area (Å²) in [4.78, 5) is 23.2. The summed E-state index contributed by atoms with van der Waals surface area (Å²) in [5.74, 6) is 0.0836. The van der Waals surface area contributed by atoms with E-state index in [0.717, 1.165) is 24.8 Å². The van der Waals surface area contributed by atoms with Gasteiger partial charge in [-0.3, -0.25) is 14.3 Å². The smallest absolute Gasteiger partial charge is 0.261 e. The molecule has 2 N–H and O–H groups in total. The topological polar surface area (TPSA) is 92.3 Å². The average Bonchev–Trinajstić information content (AvgIpc) is 2.68. The number of carbonyl (C=O) groups is 2. The van der Waals surface area contributed by atoms with E-state index in [2.05, 4.69) is 10.0 Å². The molecule has 0 aliphatic heterocycles. The summed E-state index contributed by atoms with van der Waals surface area (Å²) in [5.41, 5.74) is 2.38. The zero-order chi connectivity index (χ0) is 20.1. The highest BCUT2D eigenvalue weighted by molar-refractivity contribution is 7.92. The molecule has 1 aliphatic carbocycles. The Labute approximate surface area is 164 Å². The van der Waals surface area contributed by atoms with Crippen molar-refractivity contribution in [2.24, 2.45) is 0 Å². The number of nitrogens with one attached hydrogen (secondary N) is 2. The number of carbonyl (C=O) groups excluding carboxylic acids is 2. The Morgan fingerprint density at radius 2 is 1.54 bits per heavy atom. The lowest BCUT2D eigenvalue weighted by Gasteiger charge is -2.13. The number of Topliss-reactive ketones (excluding diaryl/α,β-unsaturated/α-hetero) is 2. The summed E-state index contributed by atoms with van der Waals surface area (Å²) in [6.07, 6.45) is 5.01. The van der Waals surface area contributed by atoms with Crippen LogP contribution in [0, 0.1) is 0 Å². The van der Waals surface area contributed by atoms with E-state index in [1.54, 1.807) is 42.6 Å². The van der Waals surface area contributed by atoms with Crippen LogP contribution in [0.4, 0.5) is 11.4 Å². The third-order valence-corrected chi connectivity index (χ3v) is 5.98. The minimum Gasteiger partial charge on any atom is -0.361 e. The molecular formula is C21H22N2O4S. The van der Waals surface area contributed by atoms with Crippen LogP contribution < -0.4 is 10.0 Å². The largest absolute Gasteiger partial charge is 0.361 e. The van der Waals surface area contributed by atoms with Gasteiger partial charge in [0.25, 0.3) is 10.0 Å². The van der Waals surface area contributed by atoms with Gasteiger partial charge in [0.05, 0.1) is 4.90 Å². The molecule has 2 aromatic carbocycles. The first kappa shape index (κ1) is 19.8. The molecule has 146 valence electrons. The van der Waals surface area contributed by atoms with Crippen molar-refractivity contribution >= 4 is 33.0 Å². The van der Waals surface area contributed by atoms with Gasteiger partial charge in [-0.15, -0.1) is 0 Å². The molecule has 0 spiro atoms. The molecule has 7 heteroatoms. The van der Waals surface area contributed by atoms with Crippen molar-refractivity contribution in [3.8, 4) is 0 Å². The fourth-order valence-electron chi connectivity index (χ4n) is 2.94. The highest BCUT2D eigenvalue weighted by Crippen LogP contribution is 2.21. The third-order valence-electron chi connectivity index (χ3n) is 4.58. The van der Waals surface area contributed by atoms with Crippen LogP contribution in [0.5, 0.6) is 0 Å². The van der Waals surface area contributed by atoms with Crippen LogP contribution in [-0.4, -0.2) is 20.0 Å². The standard InChI is InChI=1S/C21H22N2O4S/c1-15(24)16-6-8-19(9-7-16)23-28(26,27)20-12-10-18(11-13-20)22-14-17-4-2-3-5-21(17)25/h6-14,22-23H,2-5H2,1H3/b17-14+. The molecule has 3 rings (SSSR count). The molecule has 0 radical (unpaired) electrons. The molecule has 28 heavy (non-hydrogen) atoms. The van der Waals surface area contributed by atoms with Crippen LogP contribution in [0.3, 0.4) is 0 Å². The molecule has 0 atom stereocenters. The zero-order valence-electron chi connectivity index (χ0n) is 15.6. The van der Waals surface area contributed by atoms with Gasteiger partial charge in [-0.1, -0.05) is 0 Å². The molecule has 0 aromatic heterocycles. The maximum atomic E-state index is 12.5. The Bertz CT molecular complexity index is 1010. The van der Waals surface area contributed by atoms with Crippen LogP contribution in [0.15, 0.2) is 65.2 Å². The minimum atomic E-state index is -3.74. The van der Waals surface area contributed by atoms with Gasteiger partial charge in [-0.2, -0.15) is 0 Å². The van der Waals surface area contributed by atoms with Crippen molar-refractivity contribution in [2.75, 3.05) is 10.0 Å². The first-order valence-electron chi connectivity index (χ1n) is 9.08. The van der Waals surface area contributed by atoms with Crippen molar-refractivity contribution in [2.45, 2.75) is 37.5 Å². The lowest BCUT2D eigenvalue weighted by Crippen LogP contribution is -2.13. The fourth-order valence-corrected chi connectivity index (χ4v) is 4.00. The normalized spacial score (nSPS) is 16.0. The number of hydrogen-bond donors (Lipinski definition) is 2. The molecule has 0 saturated heterocycles. The van der Waals surface area contributed by atoms with Gasteiger partial charge in [0.2, 0.25) is 0 Å². The second-order valence-electron chi connectivity index (χ2n) is 6.71. The van der Waals surface area contributed by atoms with E-state index in [9.17, 15) is 18.0 Å². The van der Waals surface area contributed by atoms with Crippen molar-refractivity contribution in [3.63, 3.8) is 0 Å². The Hall–Kier alpha value is -2.93. The third kappa shape index (κ3) is 4.86. The SMILES string of the molecule is CC(=O)c1ccc(NS(=O)(=O)c2ccc(N/C=C3\CCCCC3=O)cc2)cc1. The van der Waals surface area contributed by atoms with Gasteiger partial charge in [-0.25, -0.2) is 8.42 Å². The molecule has 2 aromatic rings. The number of sulfonamides is 1. The quantitative estimate of drug-likeness (QED) is 0.564. The Morgan fingerprint density at radius 1 is 0.929 bits per heavy atom. The fraction of sp³-hybridized carbons (Fsp3) is 0.238. The highest BCUT2D eigenvalue weighted by Gasteiger charge is 2.16. The maximum Gasteiger partial charge on any atom is 0.261 e. The molecule has 6 nitrogen and oxygen atoms in total. The van der Waals surface area contributed by atoms with Crippen molar-refractivity contribution < 1.29 is 18.0 Å². The van der Waals surface area contributed by atoms with E-state index in [4.69, 9.17) is 0 Å². The number of hydrogen-bond acceptors (Lipinski definition) is 5. The Morgan fingerprint density at radius 3 is 2.14 bits per heavy atom. The van der Waals surface area contributed by atoms with E-state index < -0.39 is 10.0 Å². The van der Waals surface area contributed by atoms with E-state index in [-0.39, 0.29) is 16.5 Å². The van der Waals surface area contributed by atoms with Gasteiger partial charge in [0, 0.05) is 35.1 Å². The Kier molecular flexibility index (Phi) is 5.94. The summed E-state index contributed by atoms with van der Waals surface area (Å²) < 4.78 is 27.5. The van der Waals surface area contributed by atoms with Crippen LogP contribution in [0.25, 0.3) is 0 Å². The molecule has 1 saturated carbocycles. The molecular weight excluding hydrogens is 376 g/mol. The van der Waals surface area contributed by atoms with Crippen LogP contribution in [0.2, 0.25) is 0 Å². The molecule has 1 fully saturated rings.